The van der Waals surface area contributed by atoms with Gasteiger partial charge in [-0.15, -0.1) is 0 Å². The van der Waals surface area contributed by atoms with Crippen LogP contribution < -0.4 is 4.74 Å². The summed E-state index contributed by atoms with van der Waals surface area (Å²) in [5.74, 6) is 0.885. The van der Waals surface area contributed by atoms with E-state index in [0.29, 0.717) is 19.7 Å². The predicted octanol–water partition coefficient (Wildman–Crippen LogP) is 3.60. The van der Waals surface area contributed by atoms with E-state index >= 15 is 0 Å². The fourth-order valence-electron chi connectivity index (χ4n) is 3.15. The molecule has 0 N–H and O–H groups in total. The van der Waals surface area contributed by atoms with E-state index in [1.807, 2.05) is 44.6 Å². The van der Waals surface area contributed by atoms with Gasteiger partial charge in [0.25, 0.3) is 0 Å². The van der Waals surface area contributed by atoms with Crippen molar-refractivity contribution in [2.75, 3.05) is 6.54 Å². The highest BCUT2D eigenvalue weighted by molar-refractivity contribution is 5.69. The topological polar surface area (TPSA) is 56.6 Å². The van der Waals surface area contributed by atoms with E-state index < -0.39 is 5.60 Å². The van der Waals surface area contributed by atoms with Gasteiger partial charge in [-0.1, -0.05) is 6.07 Å². The highest BCUT2D eigenvalue weighted by Crippen LogP contribution is 2.30. The van der Waals surface area contributed by atoms with Crippen molar-refractivity contribution >= 4 is 6.09 Å². The number of benzene rings is 1. The van der Waals surface area contributed by atoms with E-state index in [-0.39, 0.29) is 6.09 Å². The van der Waals surface area contributed by atoms with E-state index in [1.165, 1.54) is 5.56 Å². The van der Waals surface area contributed by atoms with Crippen LogP contribution in [0.3, 0.4) is 0 Å². The lowest BCUT2D eigenvalue weighted by Crippen LogP contribution is -2.40. The molecule has 1 amide bonds. The quantitative estimate of drug-likeness (QED) is 0.842. The minimum absolute atomic E-state index is 0.252. The minimum atomic E-state index is -0.475. The highest BCUT2D eigenvalue weighted by atomic mass is 16.6. The second-order valence-electron chi connectivity index (χ2n) is 7.71. The van der Waals surface area contributed by atoms with Crippen molar-refractivity contribution < 1.29 is 14.3 Å². The number of amides is 1. The van der Waals surface area contributed by atoms with Crippen LogP contribution in [0.2, 0.25) is 0 Å². The Kier molecular flexibility index (Phi) is 4.94. The molecule has 6 heteroatoms. The first-order valence-corrected chi connectivity index (χ1v) is 8.93. The molecule has 0 saturated carbocycles. The molecule has 0 unspecified atom stereocenters. The monoisotopic (exact) mass is 357 g/mol. The Labute approximate surface area is 154 Å². The van der Waals surface area contributed by atoms with E-state index in [0.717, 1.165) is 29.0 Å². The van der Waals surface area contributed by atoms with Gasteiger partial charge in [0.05, 0.1) is 5.69 Å². The summed E-state index contributed by atoms with van der Waals surface area (Å²) in [5, 5.41) is 4.16. The summed E-state index contributed by atoms with van der Waals surface area (Å²) in [5.41, 5.74) is 4.13. The first kappa shape index (κ1) is 18.3. The summed E-state index contributed by atoms with van der Waals surface area (Å²) in [4.78, 5) is 14.1. The molecule has 0 spiro atoms. The third-order valence-electron chi connectivity index (χ3n) is 4.59. The molecule has 0 aliphatic carbocycles. The summed E-state index contributed by atoms with van der Waals surface area (Å²) in [6.07, 6.45) is 2.32. The number of nitrogens with zero attached hydrogens (tertiary/aromatic N) is 3. The van der Waals surface area contributed by atoms with Crippen LogP contribution in [0.1, 0.15) is 43.2 Å². The van der Waals surface area contributed by atoms with Crippen molar-refractivity contribution in [2.45, 2.75) is 52.9 Å². The average molecular weight is 357 g/mol. The summed E-state index contributed by atoms with van der Waals surface area (Å²) >= 11 is 0. The maximum Gasteiger partial charge on any atom is 0.410 e. The van der Waals surface area contributed by atoms with Crippen LogP contribution in [0.25, 0.3) is 0 Å². The second kappa shape index (κ2) is 7.02. The molecule has 2 aromatic rings. The van der Waals surface area contributed by atoms with Gasteiger partial charge < -0.3 is 14.4 Å². The lowest BCUT2D eigenvalue weighted by molar-refractivity contribution is 0.0223. The molecule has 3 rings (SSSR count). The number of carbonyl (C=O) groups is 1. The van der Waals surface area contributed by atoms with Crippen LogP contribution in [-0.2, 0) is 31.4 Å². The first-order valence-electron chi connectivity index (χ1n) is 8.93. The molecular formula is C20H27N3O3. The summed E-state index contributed by atoms with van der Waals surface area (Å²) < 4.78 is 13.3. The normalized spacial score (nSPS) is 14.1. The van der Waals surface area contributed by atoms with E-state index in [1.54, 1.807) is 11.1 Å². The Morgan fingerprint density at radius 2 is 2.04 bits per heavy atom. The SMILES string of the molecule is Cc1c(OCc2ccnn2C)ccc2c1CCN(C(=O)OC(C)(C)C)C2. The van der Waals surface area contributed by atoms with Gasteiger partial charge in [-0.05, 0) is 62.9 Å². The van der Waals surface area contributed by atoms with Gasteiger partial charge in [0, 0.05) is 26.3 Å². The molecular weight excluding hydrogens is 330 g/mol. The van der Waals surface area contributed by atoms with E-state index in [2.05, 4.69) is 18.1 Å². The molecule has 0 atom stereocenters. The number of fused-ring (bicyclic) bond motifs is 1. The van der Waals surface area contributed by atoms with Crippen LogP contribution in [0.15, 0.2) is 24.4 Å². The van der Waals surface area contributed by atoms with Crippen LogP contribution in [0.4, 0.5) is 4.79 Å². The fourth-order valence-corrected chi connectivity index (χ4v) is 3.15. The van der Waals surface area contributed by atoms with Crippen LogP contribution >= 0.6 is 0 Å². The molecule has 0 bridgehead atoms. The number of aryl methyl sites for hydroxylation is 1. The number of ether oxygens (including phenoxy) is 2. The largest absolute Gasteiger partial charge is 0.487 e. The van der Waals surface area contributed by atoms with Gasteiger partial charge in [0.2, 0.25) is 0 Å². The molecule has 0 fully saturated rings. The van der Waals surface area contributed by atoms with Crippen LogP contribution in [-0.4, -0.2) is 32.9 Å². The highest BCUT2D eigenvalue weighted by Gasteiger charge is 2.27. The van der Waals surface area contributed by atoms with Crippen molar-refractivity contribution in [1.82, 2.24) is 14.7 Å². The predicted molar refractivity (Wildman–Crippen MR) is 99.1 cm³/mol. The average Bonchev–Trinajstić information content (AvgIpc) is 2.97. The lowest BCUT2D eigenvalue weighted by atomic mass is 9.94. The van der Waals surface area contributed by atoms with Crippen molar-refractivity contribution in [2.24, 2.45) is 7.05 Å². The zero-order valence-corrected chi connectivity index (χ0v) is 16.2. The molecule has 1 aromatic heterocycles. The molecule has 26 heavy (non-hydrogen) atoms. The van der Waals surface area contributed by atoms with Crippen molar-refractivity contribution in [3.8, 4) is 5.75 Å². The summed E-state index contributed by atoms with van der Waals surface area (Å²) in [6, 6.07) is 5.99. The zero-order valence-electron chi connectivity index (χ0n) is 16.2. The van der Waals surface area contributed by atoms with Gasteiger partial charge in [-0.25, -0.2) is 4.79 Å². The molecule has 0 saturated heterocycles. The number of aromatic nitrogens is 2. The Morgan fingerprint density at radius 1 is 1.27 bits per heavy atom. The third-order valence-corrected chi connectivity index (χ3v) is 4.59. The molecule has 0 radical (unpaired) electrons. The Hall–Kier alpha value is -2.50. The Morgan fingerprint density at radius 3 is 2.69 bits per heavy atom. The number of rotatable bonds is 3. The second-order valence-corrected chi connectivity index (χ2v) is 7.71. The number of hydrogen-bond donors (Lipinski definition) is 0. The maximum atomic E-state index is 12.3. The Balaban J connectivity index is 1.70. The fraction of sp³-hybridized carbons (Fsp3) is 0.500. The molecule has 1 aromatic carbocycles. The maximum absolute atomic E-state index is 12.3. The zero-order chi connectivity index (χ0) is 18.9. The first-order chi connectivity index (χ1) is 12.2. The van der Waals surface area contributed by atoms with Crippen molar-refractivity contribution in [3.05, 3.63) is 46.8 Å². The van der Waals surface area contributed by atoms with Gasteiger partial charge in [-0.3, -0.25) is 4.68 Å². The minimum Gasteiger partial charge on any atom is -0.487 e. The standard InChI is InChI=1S/C20H27N3O3/c1-14-17-9-11-23(19(24)26-20(2,3)4)12-15(17)6-7-18(14)25-13-16-8-10-21-22(16)5/h6-8,10H,9,11-13H2,1-5H3. The van der Waals surface area contributed by atoms with Gasteiger partial charge in [0.15, 0.2) is 0 Å². The van der Waals surface area contributed by atoms with Gasteiger partial charge in [0.1, 0.15) is 18.0 Å². The molecule has 1 aliphatic heterocycles. The number of carbonyl (C=O) groups excluding carboxylic acids is 1. The molecule has 6 nitrogen and oxygen atoms in total. The van der Waals surface area contributed by atoms with Crippen LogP contribution in [0, 0.1) is 6.92 Å². The Bertz CT molecular complexity index is 805. The van der Waals surface area contributed by atoms with E-state index in [9.17, 15) is 4.79 Å². The third kappa shape index (κ3) is 4.00. The smallest absolute Gasteiger partial charge is 0.410 e. The van der Waals surface area contributed by atoms with Gasteiger partial charge >= 0.3 is 6.09 Å². The van der Waals surface area contributed by atoms with Gasteiger partial charge in [-0.2, -0.15) is 5.10 Å². The summed E-state index contributed by atoms with van der Waals surface area (Å²) in [6.45, 7) is 9.47. The summed E-state index contributed by atoms with van der Waals surface area (Å²) in [7, 11) is 1.91. The van der Waals surface area contributed by atoms with Crippen molar-refractivity contribution in [3.63, 3.8) is 0 Å². The lowest BCUT2D eigenvalue weighted by Gasteiger charge is -2.32. The van der Waals surface area contributed by atoms with Crippen molar-refractivity contribution in [1.29, 1.82) is 0 Å². The van der Waals surface area contributed by atoms with E-state index in [4.69, 9.17) is 9.47 Å². The molecule has 1 aliphatic rings. The number of hydrogen-bond acceptors (Lipinski definition) is 4. The molecule has 2 heterocycles. The van der Waals surface area contributed by atoms with Crippen LogP contribution in [0.5, 0.6) is 5.75 Å². The molecule has 140 valence electrons.